The lowest BCUT2D eigenvalue weighted by Gasteiger charge is -2.43. The molecule has 5 nitrogen and oxygen atoms in total. The van der Waals surface area contributed by atoms with Crippen molar-refractivity contribution in [1.29, 1.82) is 0 Å². The number of carbonyl (C=O) groups is 1. The van der Waals surface area contributed by atoms with E-state index in [1.165, 1.54) is 19.3 Å². The maximum atomic E-state index is 12.7. The highest BCUT2D eigenvalue weighted by Gasteiger charge is 2.40. The average molecular weight is 425 g/mol. The van der Waals surface area contributed by atoms with Crippen LogP contribution >= 0.6 is 12.4 Å². The van der Waals surface area contributed by atoms with E-state index in [4.69, 9.17) is 5.73 Å². The highest BCUT2D eigenvalue weighted by Crippen LogP contribution is 2.41. The molecule has 2 aliphatic rings. The molecule has 0 saturated heterocycles. The molecule has 6 heteroatoms. The summed E-state index contributed by atoms with van der Waals surface area (Å²) >= 11 is 0. The van der Waals surface area contributed by atoms with Crippen LogP contribution in [-0.2, 0) is 11.3 Å². The van der Waals surface area contributed by atoms with Gasteiger partial charge in [0, 0.05) is 24.1 Å². The summed E-state index contributed by atoms with van der Waals surface area (Å²) in [6.45, 7) is 0.567. The first-order chi connectivity index (χ1) is 14.2. The summed E-state index contributed by atoms with van der Waals surface area (Å²) < 4.78 is 0. The van der Waals surface area contributed by atoms with Gasteiger partial charge in [0.05, 0.1) is 11.0 Å². The number of hydrogen-bond donors (Lipinski definition) is 3. The minimum Gasteiger partial charge on any atom is -0.352 e. The third-order valence-electron chi connectivity index (χ3n) is 6.87. The number of amides is 1. The van der Waals surface area contributed by atoms with Crippen LogP contribution in [0.25, 0.3) is 22.4 Å². The average Bonchev–Trinajstić information content (AvgIpc) is 3.16. The Kier molecular flexibility index (Phi) is 6.11. The van der Waals surface area contributed by atoms with E-state index in [0.717, 1.165) is 40.8 Å². The highest BCUT2D eigenvalue weighted by atomic mass is 35.5. The van der Waals surface area contributed by atoms with Gasteiger partial charge in [0.25, 0.3) is 0 Å². The smallest absolute Gasteiger partial charge is 0.223 e. The Morgan fingerprint density at radius 3 is 2.47 bits per heavy atom. The number of aromatic amines is 1. The third kappa shape index (κ3) is 4.09. The number of H-pyrrole nitrogens is 1. The van der Waals surface area contributed by atoms with Crippen molar-refractivity contribution in [3.8, 4) is 11.4 Å². The molecule has 1 amide bonds. The molecular weight excluding hydrogens is 396 g/mol. The number of benzene rings is 2. The van der Waals surface area contributed by atoms with Gasteiger partial charge in [0.1, 0.15) is 5.82 Å². The number of rotatable bonds is 4. The zero-order chi connectivity index (χ0) is 19.8. The summed E-state index contributed by atoms with van der Waals surface area (Å²) in [6, 6.07) is 16.6. The van der Waals surface area contributed by atoms with E-state index in [1.807, 2.05) is 24.3 Å². The van der Waals surface area contributed by atoms with Gasteiger partial charge < -0.3 is 16.0 Å². The molecule has 30 heavy (non-hydrogen) atoms. The maximum Gasteiger partial charge on any atom is 0.223 e. The van der Waals surface area contributed by atoms with Crippen LogP contribution in [0.3, 0.4) is 0 Å². The maximum absolute atomic E-state index is 12.7. The van der Waals surface area contributed by atoms with Crippen LogP contribution in [0, 0.1) is 17.8 Å². The fourth-order valence-electron chi connectivity index (χ4n) is 5.21. The number of halogens is 1. The summed E-state index contributed by atoms with van der Waals surface area (Å²) in [5, 5.41) is 3.15. The molecule has 0 aliphatic heterocycles. The molecule has 2 aliphatic carbocycles. The van der Waals surface area contributed by atoms with E-state index in [2.05, 4.69) is 39.6 Å². The zero-order valence-electron chi connectivity index (χ0n) is 17.0. The van der Waals surface area contributed by atoms with E-state index < -0.39 is 0 Å². The predicted octanol–water partition coefficient (Wildman–Crippen LogP) is 4.42. The van der Waals surface area contributed by atoms with Gasteiger partial charge in [-0.25, -0.2) is 4.98 Å². The first-order valence-corrected chi connectivity index (χ1v) is 10.7. The molecule has 2 unspecified atom stereocenters. The lowest BCUT2D eigenvalue weighted by atomic mass is 9.65. The molecule has 1 aromatic heterocycles. The Morgan fingerprint density at radius 2 is 1.77 bits per heavy atom. The van der Waals surface area contributed by atoms with Crippen LogP contribution in [0.5, 0.6) is 0 Å². The van der Waals surface area contributed by atoms with Crippen molar-refractivity contribution in [2.75, 3.05) is 0 Å². The first kappa shape index (κ1) is 20.9. The number of nitrogens with one attached hydrogen (secondary N) is 2. The Labute approximate surface area is 183 Å². The summed E-state index contributed by atoms with van der Waals surface area (Å²) in [4.78, 5) is 20.7. The zero-order valence-corrected chi connectivity index (χ0v) is 17.8. The second kappa shape index (κ2) is 8.78. The second-order valence-corrected chi connectivity index (χ2v) is 8.71. The number of hydrogen-bond acceptors (Lipinski definition) is 3. The lowest BCUT2D eigenvalue weighted by Crippen LogP contribution is -2.49. The Hall–Kier alpha value is -2.37. The second-order valence-electron chi connectivity index (χ2n) is 8.71. The van der Waals surface area contributed by atoms with E-state index in [9.17, 15) is 4.79 Å². The molecule has 3 aromatic rings. The summed E-state index contributed by atoms with van der Waals surface area (Å²) in [5.41, 5.74) is 10.5. The number of fused-ring (bicyclic) bond motifs is 3. The summed E-state index contributed by atoms with van der Waals surface area (Å²) in [7, 11) is 0. The van der Waals surface area contributed by atoms with Gasteiger partial charge >= 0.3 is 0 Å². The van der Waals surface area contributed by atoms with Crippen LogP contribution in [0.2, 0.25) is 0 Å². The largest absolute Gasteiger partial charge is 0.352 e. The molecule has 2 fully saturated rings. The summed E-state index contributed by atoms with van der Waals surface area (Å²) in [5.74, 6) is 2.24. The first-order valence-electron chi connectivity index (χ1n) is 10.7. The minimum absolute atomic E-state index is 0. The minimum atomic E-state index is 0. The number of nitrogens with zero attached hydrogens (tertiary/aromatic N) is 1. The Bertz CT molecular complexity index is 968. The molecule has 2 aromatic carbocycles. The van der Waals surface area contributed by atoms with Crippen LogP contribution in [0.4, 0.5) is 0 Å². The van der Waals surface area contributed by atoms with E-state index in [0.29, 0.717) is 24.4 Å². The summed E-state index contributed by atoms with van der Waals surface area (Å²) in [6.07, 6.45) is 5.55. The standard InChI is InChI=1S/C24H28N4O.ClH/c25-22-17-4-3-5-18(22)13-19(12-17)24(29)26-14-15-8-10-16(11-9-15)23-27-20-6-1-2-7-21(20)28-23;/h1-2,6-11,17-19,22H,3-5,12-14,25H2,(H,26,29)(H,27,28);1H. The van der Waals surface area contributed by atoms with Crippen molar-refractivity contribution >= 4 is 29.3 Å². The fraction of sp³-hybridized carbons (Fsp3) is 0.417. The molecule has 158 valence electrons. The topological polar surface area (TPSA) is 83.8 Å². The Balaban J connectivity index is 0.00000218. The number of carbonyl (C=O) groups excluding carboxylic acids is 1. The van der Waals surface area contributed by atoms with E-state index in [1.54, 1.807) is 0 Å². The van der Waals surface area contributed by atoms with Gasteiger partial charge in [-0.15, -0.1) is 12.4 Å². The number of nitrogens with two attached hydrogens (primary N) is 1. The molecule has 5 rings (SSSR count). The third-order valence-corrected chi connectivity index (χ3v) is 6.87. The van der Waals surface area contributed by atoms with Crippen molar-refractivity contribution in [2.45, 2.75) is 44.7 Å². The van der Waals surface area contributed by atoms with Crippen molar-refractivity contribution in [3.63, 3.8) is 0 Å². The van der Waals surface area contributed by atoms with Crippen LogP contribution in [0.1, 0.15) is 37.7 Å². The van der Waals surface area contributed by atoms with Gasteiger partial charge in [0.2, 0.25) is 5.91 Å². The normalized spacial score (nSPS) is 25.5. The molecular formula is C24H29ClN4O. The van der Waals surface area contributed by atoms with Crippen molar-refractivity contribution in [1.82, 2.24) is 15.3 Å². The van der Waals surface area contributed by atoms with Crippen molar-refractivity contribution in [2.24, 2.45) is 23.5 Å². The molecule has 1 heterocycles. The van der Waals surface area contributed by atoms with Gasteiger partial charge in [0.15, 0.2) is 0 Å². The van der Waals surface area contributed by atoms with E-state index >= 15 is 0 Å². The number of imidazole rings is 1. The number of aromatic nitrogens is 2. The quantitative estimate of drug-likeness (QED) is 0.579. The SMILES string of the molecule is Cl.NC1C2CCCC1CC(C(=O)NCc1ccc(-c3nc4ccccc4[nH]3)cc1)C2. The monoisotopic (exact) mass is 424 g/mol. The predicted molar refractivity (Wildman–Crippen MR) is 122 cm³/mol. The molecule has 0 spiro atoms. The molecule has 0 radical (unpaired) electrons. The van der Waals surface area contributed by atoms with Crippen molar-refractivity contribution in [3.05, 3.63) is 54.1 Å². The van der Waals surface area contributed by atoms with Crippen LogP contribution < -0.4 is 11.1 Å². The molecule has 2 bridgehead atoms. The molecule has 2 atom stereocenters. The molecule has 2 saturated carbocycles. The highest BCUT2D eigenvalue weighted by molar-refractivity contribution is 5.85. The van der Waals surface area contributed by atoms with E-state index in [-0.39, 0.29) is 24.2 Å². The van der Waals surface area contributed by atoms with Gasteiger partial charge in [-0.1, -0.05) is 42.8 Å². The Morgan fingerprint density at radius 1 is 1.07 bits per heavy atom. The molecule has 4 N–H and O–H groups in total. The van der Waals surface area contributed by atoms with Crippen LogP contribution in [0.15, 0.2) is 48.5 Å². The fourth-order valence-corrected chi connectivity index (χ4v) is 5.21. The number of para-hydroxylation sites is 2. The van der Waals surface area contributed by atoms with Crippen molar-refractivity contribution < 1.29 is 4.79 Å². The van der Waals surface area contributed by atoms with Gasteiger partial charge in [-0.05, 0) is 55.2 Å². The van der Waals surface area contributed by atoms with Crippen LogP contribution in [-0.4, -0.2) is 21.9 Å². The van der Waals surface area contributed by atoms with Gasteiger partial charge in [-0.2, -0.15) is 0 Å². The lowest BCUT2D eigenvalue weighted by molar-refractivity contribution is -0.128. The van der Waals surface area contributed by atoms with Gasteiger partial charge in [-0.3, -0.25) is 4.79 Å².